The number of benzene rings is 1. The first kappa shape index (κ1) is 14.5. The monoisotopic (exact) mass is 285 g/mol. The number of nitriles is 1. The van der Waals surface area contributed by atoms with E-state index in [1.54, 1.807) is 5.40 Å². The van der Waals surface area contributed by atoms with Gasteiger partial charge in [-0.15, -0.1) is 0 Å². The molecule has 0 saturated heterocycles. The van der Waals surface area contributed by atoms with Crippen LogP contribution in [0.15, 0.2) is 11.0 Å². The fraction of sp³-hybridized carbons (Fsp3) is 0.222. The van der Waals surface area contributed by atoms with Crippen LogP contribution in [0.2, 0.25) is 0 Å². The highest BCUT2D eigenvalue weighted by atomic mass is 32.2. The lowest BCUT2D eigenvalue weighted by atomic mass is 10.2. The zero-order chi connectivity index (χ0) is 14.6. The average molecular weight is 285 g/mol. The molecule has 0 radical (unpaired) electrons. The summed E-state index contributed by atoms with van der Waals surface area (Å²) in [5, 5.41) is 32.2. The van der Waals surface area contributed by atoms with Gasteiger partial charge in [-0.1, -0.05) is 0 Å². The predicted octanol–water partition coefficient (Wildman–Crippen LogP) is 2.09. The molecule has 0 N–H and O–H groups in total. The van der Waals surface area contributed by atoms with E-state index in [2.05, 4.69) is 0 Å². The van der Waals surface area contributed by atoms with E-state index >= 15 is 0 Å². The van der Waals surface area contributed by atoms with E-state index in [0.717, 1.165) is 13.2 Å². The molecule has 0 saturated carbocycles. The number of thioether (sulfide) groups is 1. The summed E-state index contributed by atoms with van der Waals surface area (Å²) in [6, 6.07) is 1.06. The molecule has 1 aromatic rings. The molecule has 0 aliphatic carbocycles. The minimum Gasteiger partial charge on any atom is -0.490 e. The molecule has 1 rings (SSSR count). The number of ether oxygens (including phenoxy) is 2. The molecular formula is C9H7N3O6S. The minimum absolute atomic E-state index is 0.0909. The molecule has 0 aliphatic rings. The fourth-order valence-electron chi connectivity index (χ4n) is 1.41. The largest absolute Gasteiger partial charge is 0.490 e. The molecule has 1 aromatic carbocycles. The van der Waals surface area contributed by atoms with E-state index in [-0.39, 0.29) is 10.6 Å². The lowest BCUT2D eigenvalue weighted by molar-refractivity contribution is -0.398. The van der Waals surface area contributed by atoms with Gasteiger partial charge in [-0.3, -0.25) is 20.2 Å². The molecule has 0 unspecified atom stereocenters. The van der Waals surface area contributed by atoms with Crippen LogP contribution in [0.4, 0.5) is 11.4 Å². The number of methoxy groups -OCH3 is 2. The Morgan fingerprint density at radius 3 is 2.16 bits per heavy atom. The lowest BCUT2D eigenvalue weighted by Gasteiger charge is -2.08. The van der Waals surface area contributed by atoms with Crippen LogP contribution in [0, 0.1) is 30.9 Å². The van der Waals surface area contributed by atoms with Crippen LogP contribution in [0.3, 0.4) is 0 Å². The summed E-state index contributed by atoms with van der Waals surface area (Å²) in [7, 11) is 2.24. The third-order valence-corrected chi connectivity index (χ3v) is 2.73. The molecule has 0 heterocycles. The van der Waals surface area contributed by atoms with Crippen LogP contribution in [-0.2, 0) is 0 Å². The van der Waals surface area contributed by atoms with Gasteiger partial charge in [0, 0.05) is 6.07 Å². The summed E-state index contributed by atoms with van der Waals surface area (Å²) < 4.78 is 9.55. The summed E-state index contributed by atoms with van der Waals surface area (Å²) in [5.41, 5.74) is -1.29. The number of nitrogens with zero attached hydrogens (tertiary/aromatic N) is 3. The van der Waals surface area contributed by atoms with Crippen molar-refractivity contribution in [1.29, 1.82) is 5.26 Å². The Hall–Kier alpha value is -2.54. The molecule has 0 amide bonds. The number of nitro groups is 2. The van der Waals surface area contributed by atoms with Gasteiger partial charge in [0.05, 0.1) is 24.1 Å². The zero-order valence-corrected chi connectivity index (χ0v) is 10.6. The van der Waals surface area contributed by atoms with Gasteiger partial charge in [-0.25, -0.2) is 0 Å². The number of hydrogen-bond donors (Lipinski definition) is 0. The maximum absolute atomic E-state index is 11.0. The van der Waals surface area contributed by atoms with Crippen LogP contribution in [0.25, 0.3) is 0 Å². The van der Waals surface area contributed by atoms with Crippen molar-refractivity contribution in [3.05, 3.63) is 26.3 Å². The number of hydrogen-bond acceptors (Lipinski definition) is 8. The van der Waals surface area contributed by atoms with E-state index in [4.69, 9.17) is 14.7 Å². The second-order valence-corrected chi connectivity index (χ2v) is 3.84. The van der Waals surface area contributed by atoms with Crippen molar-refractivity contribution in [2.75, 3.05) is 14.2 Å². The Morgan fingerprint density at radius 2 is 1.79 bits per heavy atom. The first-order valence-corrected chi connectivity index (χ1v) is 5.43. The van der Waals surface area contributed by atoms with Gasteiger partial charge in [0.25, 0.3) is 5.75 Å². The SMILES string of the molecule is COc1cc(SC#N)c([N+](=O)[O-])c(OC)c1[N+](=O)[O-]. The highest BCUT2D eigenvalue weighted by Crippen LogP contribution is 2.48. The van der Waals surface area contributed by atoms with Crippen molar-refractivity contribution in [3.8, 4) is 16.9 Å². The van der Waals surface area contributed by atoms with Gasteiger partial charge in [-0.2, -0.15) is 5.26 Å². The quantitative estimate of drug-likeness (QED) is 0.348. The molecule has 0 fully saturated rings. The van der Waals surface area contributed by atoms with Gasteiger partial charge < -0.3 is 9.47 Å². The molecule has 0 aliphatic heterocycles. The Kier molecular flexibility index (Phi) is 4.49. The summed E-state index contributed by atoms with van der Waals surface area (Å²) in [6.45, 7) is 0. The Morgan fingerprint density at radius 1 is 1.21 bits per heavy atom. The zero-order valence-electron chi connectivity index (χ0n) is 9.78. The van der Waals surface area contributed by atoms with Crippen molar-refractivity contribution >= 4 is 23.1 Å². The van der Waals surface area contributed by atoms with E-state index in [1.807, 2.05) is 0 Å². The Labute approximate surface area is 111 Å². The maximum Gasteiger partial charge on any atom is 0.359 e. The van der Waals surface area contributed by atoms with E-state index in [0.29, 0.717) is 11.8 Å². The van der Waals surface area contributed by atoms with E-state index < -0.39 is 27.0 Å². The van der Waals surface area contributed by atoms with Crippen molar-refractivity contribution in [1.82, 2.24) is 0 Å². The smallest absolute Gasteiger partial charge is 0.359 e. The lowest BCUT2D eigenvalue weighted by Crippen LogP contribution is -2.02. The average Bonchev–Trinajstić information content (AvgIpc) is 2.36. The second kappa shape index (κ2) is 5.87. The number of rotatable bonds is 5. The van der Waals surface area contributed by atoms with Crippen molar-refractivity contribution in [3.63, 3.8) is 0 Å². The third kappa shape index (κ3) is 2.66. The van der Waals surface area contributed by atoms with Crippen LogP contribution >= 0.6 is 11.8 Å². The van der Waals surface area contributed by atoms with Crippen LogP contribution in [-0.4, -0.2) is 24.1 Å². The summed E-state index contributed by atoms with van der Waals surface area (Å²) in [4.78, 5) is 20.2. The highest BCUT2D eigenvalue weighted by Gasteiger charge is 2.35. The van der Waals surface area contributed by atoms with E-state index in [1.165, 1.54) is 7.11 Å². The van der Waals surface area contributed by atoms with E-state index in [9.17, 15) is 20.2 Å². The molecular weight excluding hydrogens is 278 g/mol. The highest BCUT2D eigenvalue weighted by molar-refractivity contribution is 8.03. The maximum atomic E-state index is 11.0. The first-order valence-electron chi connectivity index (χ1n) is 4.61. The normalized spacial score (nSPS) is 9.53. The molecule has 0 aromatic heterocycles. The van der Waals surface area contributed by atoms with Gasteiger partial charge in [0.2, 0.25) is 5.75 Å². The standard InChI is InChI=1S/C9H7N3O6S/c1-17-5-3-6(19-4-10)8(12(15)16)9(18-2)7(5)11(13)14/h3H,1-2H3. The third-order valence-electron chi connectivity index (χ3n) is 2.10. The van der Waals surface area contributed by atoms with Crippen molar-refractivity contribution in [2.45, 2.75) is 4.90 Å². The number of nitro benzene ring substituents is 2. The summed E-state index contributed by atoms with van der Waals surface area (Å²) in [5.74, 6) is -0.766. The fourth-order valence-corrected chi connectivity index (χ4v) is 1.94. The molecule has 100 valence electrons. The molecule has 10 heteroatoms. The molecule has 0 bridgehead atoms. The molecule has 19 heavy (non-hydrogen) atoms. The van der Waals surface area contributed by atoms with Gasteiger partial charge in [-0.05, 0) is 11.8 Å². The Balaban J connectivity index is 3.77. The number of thiocyanates is 1. The second-order valence-electron chi connectivity index (χ2n) is 3.01. The molecule has 0 atom stereocenters. The Bertz CT molecular complexity index is 582. The van der Waals surface area contributed by atoms with Crippen LogP contribution in [0.1, 0.15) is 0 Å². The minimum atomic E-state index is -0.842. The van der Waals surface area contributed by atoms with Gasteiger partial charge >= 0.3 is 11.4 Å². The van der Waals surface area contributed by atoms with Crippen LogP contribution < -0.4 is 9.47 Å². The predicted molar refractivity (Wildman–Crippen MR) is 64.3 cm³/mol. The summed E-state index contributed by atoms with van der Waals surface area (Å²) >= 11 is 0.491. The molecule has 9 nitrogen and oxygen atoms in total. The molecule has 0 spiro atoms. The van der Waals surface area contributed by atoms with Gasteiger partial charge in [0.1, 0.15) is 10.3 Å². The van der Waals surface area contributed by atoms with Crippen molar-refractivity contribution in [2.24, 2.45) is 0 Å². The topological polar surface area (TPSA) is 129 Å². The summed E-state index contributed by atoms with van der Waals surface area (Å²) in [6.07, 6.45) is 0. The van der Waals surface area contributed by atoms with Crippen LogP contribution in [0.5, 0.6) is 11.5 Å². The van der Waals surface area contributed by atoms with Crippen molar-refractivity contribution < 1.29 is 19.3 Å². The van der Waals surface area contributed by atoms with Gasteiger partial charge in [0.15, 0.2) is 0 Å². The first-order chi connectivity index (χ1) is 8.97.